The number of carbonyl (C=O) groups is 1. The number of aromatic hydroxyl groups is 1. The molecule has 0 radical (unpaired) electrons. The van der Waals surface area contributed by atoms with E-state index < -0.39 is 5.97 Å². The Morgan fingerprint density at radius 2 is 1.74 bits per heavy atom. The number of rotatable bonds is 11. The summed E-state index contributed by atoms with van der Waals surface area (Å²) in [5.74, 6) is 0.101. The fourth-order valence-corrected chi connectivity index (χ4v) is 2.64. The van der Waals surface area contributed by atoms with Crippen molar-refractivity contribution in [3.63, 3.8) is 0 Å². The van der Waals surface area contributed by atoms with Gasteiger partial charge in [-0.3, -0.25) is 0 Å². The molecule has 0 aliphatic rings. The maximum atomic E-state index is 11.7. The average molecular weight is 372 g/mol. The fourth-order valence-electron chi connectivity index (χ4n) is 2.64. The third-order valence-electron chi connectivity index (χ3n) is 4.14. The fraction of sp³-hybridized carbons (Fsp3) is 0.476. The van der Waals surface area contributed by atoms with E-state index in [1.807, 2.05) is 24.3 Å². The number of esters is 1. The lowest BCUT2D eigenvalue weighted by Crippen LogP contribution is -2.07. The van der Waals surface area contributed by atoms with E-state index >= 15 is 0 Å². The lowest BCUT2D eigenvalue weighted by atomic mass is 10.1. The maximum Gasteiger partial charge on any atom is 0.345 e. The number of unbranched alkanes of at least 4 members (excludes halogenated alkanes) is 5. The number of hydrogen-bond acceptors (Lipinski definition) is 6. The van der Waals surface area contributed by atoms with Crippen LogP contribution in [0.5, 0.6) is 11.6 Å². The van der Waals surface area contributed by atoms with Crippen LogP contribution >= 0.6 is 0 Å². The van der Waals surface area contributed by atoms with Crippen molar-refractivity contribution in [1.82, 2.24) is 9.97 Å². The molecule has 0 saturated heterocycles. The molecule has 2 aromatic rings. The van der Waals surface area contributed by atoms with Crippen LogP contribution in [0.3, 0.4) is 0 Å². The molecule has 1 N–H and O–H groups in total. The van der Waals surface area contributed by atoms with Gasteiger partial charge in [-0.25, -0.2) is 9.78 Å². The van der Waals surface area contributed by atoms with E-state index in [4.69, 9.17) is 9.47 Å². The second-order valence-corrected chi connectivity index (χ2v) is 6.29. The van der Waals surface area contributed by atoms with Gasteiger partial charge in [0.2, 0.25) is 5.88 Å². The summed E-state index contributed by atoms with van der Waals surface area (Å²) >= 11 is 0. The molecule has 0 fully saturated rings. The Kier molecular flexibility index (Phi) is 8.55. The first-order valence-corrected chi connectivity index (χ1v) is 9.62. The number of nitrogens with zero attached hydrogens (tertiary/aromatic N) is 2. The summed E-state index contributed by atoms with van der Waals surface area (Å²) in [6.07, 6.45) is 8.65. The molecule has 0 saturated carbocycles. The van der Waals surface area contributed by atoms with Crippen molar-refractivity contribution < 1.29 is 19.4 Å². The molecule has 2 rings (SSSR count). The van der Waals surface area contributed by atoms with Crippen LogP contribution in [0.2, 0.25) is 0 Å². The minimum atomic E-state index is -0.639. The van der Waals surface area contributed by atoms with Crippen molar-refractivity contribution >= 4 is 5.97 Å². The zero-order valence-electron chi connectivity index (χ0n) is 16.1. The first kappa shape index (κ1) is 20.7. The van der Waals surface area contributed by atoms with Gasteiger partial charge in [-0.2, -0.15) is 4.98 Å². The Hall–Kier alpha value is -2.63. The summed E-state index contributed by atoms with van der Waals surface area (Å²) in [5.41, 5.74) is 0.687. The molecule has 1 heterocycles. The summed E-state index contributed by atoms with van der Waals surface area (Å²) in [7, 11) is 0. The number of aromatic nitrogens is 2. The van der Waals surface area contributed by atoms with Crippen LogP contribution in [-0.4, -0.2) is 34.3 Å². The molecular formula is C21H28N2O4. The highest BCUT2D eigenvalue weighted by atomic mass is 16.5. The first-order valence-electron chi connectivity index (χ1n) is 9.62. The van der Waals surface area contributed by atoms with Gasteiger partial charge < -0.3 is 14.6 Å². The topological polar surface area (TPSA) is 81.5 Å². The highest BCUT2D eigenvalue weighted by molar-refractivity contribution is 5.91. The predicted octanol–water partition coefficient (Wildman–Crippen LogP) is 4.77. The summed E-state index contributed by atoms with van der Waals surface area (Å²) in [5, 5.41) is 9.95. The Labute approximate surface area is 160 Å². The van der Waals surface area contributed by atoms with Gasteiger partial charge >= 0.3 is 5.97 Å². The molecule has 0 atom stereocenters. The zero-order valence-corrected chi connectivity index (χ0v) is 16.1. The van der Waals surface area contributed by atoms with Crippen molar-refractivity contribution in [2.75, 3.05) is 13.2 Å². The second-order valence-electron chi connectivity index (χ2n) is 6.29. The standard InChI is InChI=1S/C21H28N2O4/c1-3-5-6-7-8-9-14-27-17-12-10-16(11-13-17)19-22-15-18(20(24)23-19)21(25)26-4-2/h10-13,15H,3-9,14H2,1-2H3,(H,22,23,24). The normalized spacial score (nSPS) is 10.6. The quantitative estimate of drug-likeness (QED) is 0.452. The number of ether oxygens (including phenoxy) is 2. The van der Waals surface area contributed by atoms with Crippen LogP contribution in [-0.2, 0) is 4.74 Å². The van der Waals surface area contributed by atoms with Gasteiger partial charge in [0.25, 0.3) is 0 Å². The minimum absolute atomic E-state index is 0.0421. The van der Waals surface area contributed by atoms with Crippen molar-refractivity contribution in [1.29, 1.82) is 0 Å². The predicted molar refractivity (Wildman–Crippen MR) is 104 cm³/mol. The van der Waals surface area contributed by atoms with Crippen molar-refractivity contribution in [3.05, 3.63) is 36.0 Å². The highest BCUT2D eigenvalue weighted by Gasteiger charge is 2.15. The smallest absolute Gasteiger partial charge is 0.345 e. The monoisotopic (exact) mass is 372 g/mol. The molecule has 146 valence electrons. The molecule has 1 aromatic carbocycles. The van der Waals surface area contributed by atoms with E-state index in [-0.39, 0.29) is 18.1 Å². The molecule has 6 nitrogen and oxygen atoms in total. The summed E-state index contributed by atoms with van der Waals surface area (Å²) in [4.78, 5) is 19.8. The summed E-state index contributed by atoms with van der Waals surface area (Å²) in [6.45, 7) is 4.84. The first-order chi connectivity index (χ1) is 13.2. The van der Waals surface area contributed by atoms with Crippen molar-refractivity contribution in [3.8, 4) is 23.0 Å². The van der Waals surface area contributed by atoms with E-state index in [1.165, 1.54) is 38.3 Å². The minimum Gasteiger partial charge on any atom is -0.494 e. The molecule has 0 amide bonds. The summed E-state index contributed by atoms with van der Waals surface area (Å²) < 4.78 is 10.6. The van der Waals surface area contributed by atoms with Crippen LogP contribution < -0.4 is 4.74 Å². The molecule has 0 bridgehead atoms. The SMILES string of the molecule is CCCCCCCCOc1ccc(-c2ncc(C(=O)OCC)c(O)n2)cc1. The second kappa shape index (κ2) is 11.2. The van der Waals surface area contributed by atoms with Gasteiger partial charge in [-0.15, -0.1) is 0 Å². The lowest BCUT2D eigenvalue weighted by Gasteiger charge is -2.08. The van der Waals surface area contributed by atoms with Gasteiger partial charge in [0.1, 0.15) is 11.3 Å². The van der Waals surface area contributed by atoms with E-state index in [1.54, 1.807) is 6.92 Å². The largest absolute Gasteiger partial charge is 0.494 e. The van der Waals surface area contributed by atoms with Gasteiger partial charge in [0, 0.05) is 11.8 Å². The van der Waals surface area contributed by atoms with Crippen LogP contribution in [0.25, 0.3) is 11.4 Å². The maximum absolute atomic E-state index is 11.7. The Morgan fingerprint density at radius 1 is 1.04 bits per heavy atom. The number of carbonyl (C=O) groups excluding carboxylic acids is 1. The number of hydrogen-bond donors (Lipinski definition) is 1. The molecule has 1 aromatic heterocycles. The number of benzene rings is 1. The third kappa shape index (κ3) is 6.55. The van der Waals surface area contributed by atoms with E-state index in [2.05, 4.69) is 16.9 Å². The van der Waals surface area contributed by atoms with Crippen molar-refractivity contribution in [2.24, 2.45) is 0 Å². The van der Waals surface area contributed by atoms with Gasteiger partial charge in [-0.05, 0) is 37.6 Å². The van der Waals surface area contributed by atoms with Crippen LogP contribution in [0.4, 0.5) is 0 Å². The molecule has 0 unspecified atom stereocenters. The Balaban J connectivity index is 1.87. The average Bonchev–Trinajstić information content (AvgIpc) is 2.68. The molecular weight excluding hydrogens is 344 g/mol. The molecule has 27 heavy (non-hydrogen) atoms. The van der Waals surface area contributed by atoms with Crippen molar-refractivity contribution in [2.45, 2.75) is 52.4 Å². The van der Waals surface area contributed by atoms with Gasteiger partial charge in [-0.1, -0.05) is 39.0 Å². The van der Waals surface area contributed by atoms with Crippen LogP contribution in [0.15, 0.2) is 30.5 Å². The third-order valence-corrected chi connectivity index (χ3v) is 4.14. The Bertz CT molecular complexity index is 717. The summed E-state index contributed by atoms with van der Waals surface area (Å²) in [6, 6.07) is 7.36. The van der Waals surface area contributed by atoms with E-state index in [9.17, 15) is 9.90 Å². The van der Waals surface area contributed by atoms with Gasteiger partial charge in [0.15, 0.2) is 5.82 Å². The van der Waals surface area contributed by atoms with Crippen LogP contribution in [0.1, 0.15) is 62.7 Å². The van der Waals surface area contributed by atoms with E-state index in [0.29, 0.717) is 12.4 Å². The molecule has 0 aliphatic heterocycles. The molecule has 6 heteroatoms. The Morgan fingerprint density at radius 3 is 2.41 bits per heavy atom. The lowest BCUT2D eigenvalue weighted by molar-refractivity contribution is 0.0521. The van der Waals surface area contributed by atoms with Crippen LogP contribution in [0, 0.1) is 0 Å². The van der Waals surface area contributed by atoms with E-state index in [0.717, 1.165) is 17.7 Å². The highest BCUT2D eigenvalue weighted by Crippen LogP contribution is 2.23. The molecule has 0 spiro atoms. The molecule has 0 aliphatic carbocycles. The van der Waals surface area contributed by atoms with Gasteiger partial charge in [0.05, 0.1) is 13.2 Å². The zero-order chi connectivity index (χ0) is 19.5.